The molecule has 2 bridgehead atoms. The maximum Gasteiger partial charge on any atom is 0.214 e. The molecule has 2 fully saturated rings. The average Bonchev–Trinajstić information content (AvgIpc) is 2.85. The third kappa shape index (κ3) is 2.10. The monoisotopic (exact) mass is 359 g/mol. The van der Waals surface area contributed by atoms with Gasteiger partial charge in [-0.2, -0.15) is 21.0 Å². The number of nitrogens with zero attached hydrogens (tertiary/aromatic N) is 4. The summed E-state index contributed by atoms with van der Waals surface area (Å²) in [5, 5.41) is 47.6. The third-order valence-electron chi connectivity index (χ3n) is 5.63. The lowest BCUT2D eigenvalue weighted by atomic mass is 9.53. The molecule has 1 N–H and O–H groups in total. The van der Waals surface area contributed by atoms with Crippen LogP contribution in [0.15, 0.2) is 24.3 Å². The number of hydrogen-bond donors (Lipinski definition) is 1. The molecule has 1 aromatic carbocycles. The van der Waals surface area contributed by atoms with Gasteiger partial charge in [0, 0.05) is 6.92 Å². The van der Waals surface area contributed by atoms with Crippen molar-refractivity contribution in [1.29, 1.82) is 26.5 Å². The summed E-state index contributed by atoms with van der Waals surface area (Å²) in [6.07, 6.45) is 0.0522. The van der Waals surface area contributed by atoms with Crippen LogP contribution in [0, 0.1) is 67.5 Å². The first-order valence-electron chi connectivity index (χ1n) is 8.58. The summed E-state index contributed by atoms with van der Waals surface area (Å²) in [4.78, 5) is 0. The van der Waals surface area contributed by atoms with E-state index in [1.54, 1.807) is 31.2 Å². The van der Waals surface area contributed by atoms with E-state index in [2.05, 4.69) is 6.07 Å². The molecule has 1 aromatic rings. The summed E-state index contributed by atoms with van der Waals surface area (Å²) in [5.41, 5.74) is -2.79. The van der Waals surface area contributed by atoms with E-state index in [0.29, 0.717) is 24.0 Å². The van der Waals surface area contributed by atoms with Crippen LogP contribution in [0.4, 0.5) is 0 Å². The van der Waals surface area contributed by atoms with Crippen molar-refractivity contribution in [2.24, 2.45) is 16.7 Å². The standard InChI is InChI=1S/C20H17N5O2/c1-3-4-15-18(2)26-16(14-7-5-13(9-21)6-8-14)19(10-22,11-23)20(15,12-24)17(25)27-18/h5-8,15-16,25H,3-4H2,1-2H3. The third-order valence-corrected chi connectivity index (χ3v) is 5.63. The lowest BCUT2D eigenvalue weighted by Crippen LogP contribution is -2.58. The van der Waals surface area contributed by atoms with Crippen LogP contribution >= 0.6 is 0 Å². The Morgan fingerprint density at radius 3 is 2.19 bits per heavy atom. The molecule has 3 rings (SSSR count). The minimum atomic E-state index is -1.96. The smallest absolute Gasteiger partial charge is 0.214 e. The zero-order valence-electron chi connectivity index (χ0n) is 15.0. The van der Waals surface area contributed by atoms with Gasteiger partial charge in [0.25, 0.3) is 0 Å². The number of nitriles is 4. The first-order chi connectivity index (χ1) is 12.9. The predicted molar refractivity (Wildman–Crippen MR) is 92.3 cm³/mol. The molecule has 7 heteroatoms. The van der Waals surface area contributed by atoms with E-state index in [0.717, 1.165) is 0 Å². The van der Waals surface area contributed by atoms with Crippen molar-refractivity contribution in [2.75, 3.05) is 0 Å². The van der Waals surface area contributed by atoms with Crippen LogP contribution in [-0.4, -0.2) is 11.7 Å². The van der Waals surface area contributed by atoms with Gasteiger partial charge in [-0.05, 0) is 24.1 Å². The van der Waals surface area contributed by atoms with Crippen molar-refractivity contribution in [3.63, 3.8) is 0 Å². The van der Waals surface area contributed by atoms with Crippen molar-refractivity contribution in [3.05, 3.63) is 35.4 Å². The number of hydrogen-bond acceptors (Lipinski definition) is 7. The normalized spacial score (nSPS) is 33.0. The Morgan fingerprint density at radius 2 is 1.70 bits per heavy atom. The molecule has 4 atom stereocenters. The van der Waals surface area contributed by atoms with Crippen LogP contribution < -0.4 is 0 Å². The SMILES string of the molecule is CCCC1C2(C)OC(=N)C1(C#N)C(C#N)(C#N)C(c1ccc(C#N)cc1)O2. The van der Waals surface area contributed by atoms with Crippen LogP contribution in [0.1, 0.15) is 43.9 Å². The molecular weight excluding hydrogens is 342 g/mol. The van der Waals surface area contributed by atoms with Crippen molar-refractivity contribution in [1.82, 2.24) is 0 Å². The van der Waals surface area contributed by atoms with Gasteiger partial charge in [-0.3, -0.25) is 5.41 Å². The fraction of sp³-hybridized carbons (Fsp3) is 0.450. The van der Waals surface area contributed by atoms with E-state index >= 15 is 0 Å². The van der Waals surface area contributed by atoms with Crippen LogP contribution in [-0.2, 0) is 9.47 Å². The van der Waals surface area contributed by atoms with Crippen LogP contribution in [0.3, 0.4) is 0 Å². The Balaban J connectivity index is 2.28. The zero-order valence-corrected chi connectivity index (χ0v) is 15.0. The van der Waals surface area contributed by atoms with Gasteiger partial charge < -0.3 is 9.47 Å². The van der Waals surface area contributed by atoms with Crippen molar-refractivity contribution in [2.45, 2.75) is 38.6 Å². The Morgan fingerprint density at radius 1 is 1.07 bits per heavy atom. The highest BCUT2D eigenvalue weighted by atomic mass is 16.7. The van der Waals surface area contributed by atoms with E-state index in [-0.39, 0.29) is 0 Å². The summed E-state index contributed by atoms with van der Waals surface area (Å²) in [6, 6.07) is 14.5. The first-order valence-corrected chi connectivity index (χ1v) is 8.58. The van der Waals surface area contributed by atoms with Gasteiger partial charge in [-0.25, -0.2) is 0 Å². The maximum atomic E-state index is 10.1. The van der Waals surface area contributed by atoms with Gasteiger partial charge in [-0.1, -0.05) is 25.5 Å². The fourth-order valence-electron chi connectivity index (χ4n) is 4.35. The average molecular weight is 359 g/mol. The molecule has 0 amide bonds. The molecule has 0 aliphatic carbocycles. The molecule has 0 radical (unpaired) electrons. The van der Waals surface area contributed by atoms with E-state index < -0.39 is 34.5 Å². The topological polar surface area (TPSA) is 137 Å². The molecule has 4 unspecified atom stereocenters. The van der Waals surface area contributed by atoms with Gasteiger partial charge in [0.2, 0.25) is 17.1 Å². The van der Waals surface area contributed by atoms with E-state index in [9.17, 15) is 15.8 Å². The van der Waals surface area contributed by atoms with E-state index in [4.69, 9.17) is 20.1 Å². The second-order valence-corrected chi connectivity index (χ2v) is 6.97. The number of benzene rings is 1. The van der Waals surface area contributed by atoms with Crippen molar-refractivity contribution < 1.29 is 9.47 Å². The molecule has 2 aliphatic heterocycles. The van der Waals surface area contributed by atoms with Gasteiger partial charge in [0.1, 0.15) is 6.10 Å². The van der Waals surface area contributed by atoms with Crippen LogP contribution in [0.2, 0.25) is 0 Å². The molecule has 2 heterocycles. The van der Waals surface area contributed by atoms with E-state index in [1.165, 1.54) is 0 Å². The van der Waals surface area contributed by atoms with E-state index in [1.807, 2.05) is 25.1 Å². The molecule has 0 aromatic heterocycles. The van der Waals surface area contributed by atoms with Crippen molar-refractivity contribution in [3.8, 4) is 24.3 Å². The molecule has 0 spiro atoms. The lowest BCUT2D eigenvalue weighted by Gasteiger charge is -2.48. The molecule has 2 saturated heterocycles. The second kappa shape index (κ2) is 6.10. The molecule has 134 valence electrons. The summed E-state index contributed by atoms with van der Waals surface area (Å²) >= 11 is 0. The number of rotatable bonds is 3. The first kappa shape index (κ1) is 18.4. The Bertz CT molecular complexity index is 945. The Labute approximate surface area is 157 Å². The van der Waals surface area contributed by atoms with Gasteiger partial charge in [0.05, 0.1) is 35.8 Å². The molecule has 7 nitrogen and oxygen atoms in total. The highest BCUT2D eigenvalue weighted by Gasteiger charge is 2.78. The largest absolute Gasteiger partial charge is 0.448 e. The Hall–Kier alpha value is -3.39. The molecule has 0 saturated carbocycles. The summed E-state index contributed by atoms with van der Waals surface area (Å²) in [7, 11) is 0. The predicted octanol–water partition coefficient (Wildman–Crippen LogP) is 3.31. The summed E-state index contributed by atoms with van der Waals surface area (Å²) < 4.78 is 11.8. The van der Waals surface area contributed by atoms with Gasteiger partial charge in [0.15, 0.2) is 5.41 Å². The molecule has 2 aliphatic rings. The number of nitrogens with one attached hydrogen (secondary N) is 1. The Kier molecular flexibility index (Phi) is 4.16. The summed E-state index contributed by atoms with van der Waals surface area (Å²) in [6.45, 7) is 3.57. The lowest BCUT2D eigenvalue weighted by molar-refractivity contribution is -0.273. The number of fused-ring (bicyclic) bond motifs is 2. The van der Waals surface area contributed by atoms with Crippen LogP contribution in [0.25, 0.3) is 0 Å². The highest BCUT2D eigenvalue weighted by Crippen LogP contribution is 2.67. The fourth-order valence-corrected chi connectivity index (χ4v) is 4.35. The molecular formula is C20H17N5O2. The van der Waals surface area contributed by atoms with Crippen molar-refractivity contribution >= 4 is 5.90 Å². The zero-order chi connectivity index (χ0) is 19.9. The number of ether oxygens (including phenoxy) is 2. The quantitative estimate of drug-likeness (QED) is 0.878. The minimum absolute atomic E-state index is 0.398. The minimum Gasteiger partial charge on any atom is -0.448 e. The summed E-state index contributed by atoms with van der Waals surface area (Å²) in [5.74, 6) is -2.31. The second-order valence-electron chi connectivity index (χ2n) is 6.97. The van der Waals surface area contributed by atoms with Gasteiger partial charge in [-0.15, -0.1) is 0 Å². The van der Waals surface area contributed by atoms with Crippen LogP contribution in [0.5, 0.6) is 0 Å². The molecule has 27 heavy (non-hydrogen) atoms. The maximum absolute atomic E-state index is 10.1. The highest BCUT2D eigenvalue weighted by molar-refractivity contribution is 5.89. The van der Waals surface area contributed by atoms with Gasteiger partial charge >= 0.3 is 0 Å².